The van der Waals surface area contributed by atoms with Gasteiger partial charge in [-0.1, -0.05) is 78.1 Å². The molecule has 23 heavy (non-hydrogen) atoms. The van der Waals surface area contributed by atoms with Crippen LogP contribution in [0.3, 0.4) is 0 Å². The minimum Gasteiger partial charge on any atom is -0.465 e. The van der Waals surface area contributed by atoms with Crippen molar-refractivity contribution in [3.63, 3.8) is 0 Å². The van der Waals surface area contributed by atoms with Gasteiger partial charge in [-0.3, -0.25) is 4.79 Å². The highest BCUT2D eigenvalue weighted by atomic mass is 16.5. The molecule has 0 rings (SSSR count). The number of unbranched alkanes of at least 4 members (excludes halogenated alkanes) is 9. The van der Waals surface area contributed by atoms with Crippen molar-refractivity contribution in [2.24, 2.45) is 5.92 Å². The van der Waals surface area contributed by atoms with Gasteiger partial charge in [0.15, 0.2) is 0 Å². The zero-order chi connectivity index (χ0) is 17.2. The van der Waals surface area contributed by atoms with Gasteiger partial charge in [0.2, 0.25) is 0 Å². The van der Waals surface area contributed by atoms with E-state index in [0.717, 1.165) is 32.0 Å². The highest BCUT2D eigenvalue weighted by molar-refractivity contribution is 5.72. The molecule has 0 spiro atoms. The first kappa shape index (κ1) is 22.1. The number of rotatable bonds is 17. The van der Waals surface area contributed by atoms with Gasteiger partial charge in [-0.15, -0.1) is 0 Å². The summed E-state index contributed by atoms with van der Waals surface area (Å²) < 4.78 is 5.36. The summed E-state index contributed by atoms with van der Waals surface area (Å²) >= 11 is 0. The van der Waals surface area contributed by atoms with Crippen molar-refractivity contribution in [1.29, 1.82) is 0 Å². The Kier molecular flexibility index (Phi) is 16.8. The third kappa shape index (κ3) is 14.5. The fourth-order valence-electron chi connectivity index (χ4n) is 2.83. The van der Waals surface area contributed by atoms with E-state index in [2.05, 4.69) is 13.8 Å². The molecule has 1 unspecified atom stereocenters. The van der Waals surface area contributed by atoms with E-state index in [1.54, 1.807) is 0 Å². The average molecular weight is 327 g/mol. The molecule has 0 aliphatic rings. The molecule has 0 amide bonds. The number of esters is 1. The van der Waals surface area contributed by atoms with Crippen LogP contribution in [0.2, 0.25) is 0 Å². The van der Waals surface area contributed by atoms with E-state index in [4.69, 9.17) is 4.74 Å². The van der Waals surface area contributed by atoms with Crippen molar-refractivity contribution in [3.8, 4) is 0 Å². The Morgan fingerprint density at radius 3 is 1.91 bits per heavy atom. The molecule has 1 atom stereocenters. The zero-order valence-electron chi connectivity index (χ0n) is 15.5. The van der Waals surface area contributed by atoms with Crippen LogP contribution < -0.4 is 0 Å². The van der Waals surface area contributed by atoms with Crippen LogP contribution >= 0.6 is 0 Å². The van der Waals surface area contributed by atoms with E-state index >= 15 is 0 Å². The van der Waals surface area contributed by atoms with Crippen LogP contribution in [0.15, 0.2) is 0 Å². The van der Waals surface area contributed by atoms with E-state index < -0.39 is 0 Å². The van der Waals surface area contributed by atoms with Crippen LogP contribution in [0.4, 0.5) is 0 Å². The molecule has 0 aromatic heterocycles. The molecule has 0 aromatic rings. The molecule has 0 saturated heterocycles. The maximum Gasteiger partial charge on any atom is 0.308 e. The summed E-state index contributed by atoms with van der Waals surface area (Å²) in [6, 6.07) is 0. The van der Waals surface area contributed by atoms with E-state index in [0.29, 0.717) is 19.4 Å². The summed E-state index contributed by atoms with van der Waals surface area (Å²) in [5.41, 5.74) is 0. The van der Waals surface area contributed by atoms with Gasteiger partial charge in [0.25, 0.3) is 0 Å². The predicted molar refractivity (Wildman–Crippen MR) is 96.5 cm³/mol. The number of ether oxygens (including phenoxy) is 1. The Morgan fingerprint density at radius 1 is 0.826 bits per heavy atom. The molecular weight excluding hydrogens is 288 g/mol. The van der Waals surface area contributed by atoms with Gasteiger partial charge in [0, 0.05) is 6.42 Å². The van der Waals surface area contributed by atoms with Crippen LogP contribution in [0.1, 0.15) is 104 Å². The van der Waals surface area contributed by atoms with Gasteiger partial charge in [0.05, 0.1) is 12.5 Å². The molecular formula is C20H38O3. The fourth-order valence-corrected chi connectivity index (χ4v) is 2.83. The minimum atomic E-state index is -0.0408. The molecule has 0 heterocycles. The number of hydrogen-bond donors (Lipinski definition) is 0. The van der Waals surface area contributed by atoms with Gasteiger partial charge >= 0.3 is 5.97 Å². The zero-order valence-corrected chi connectivity index (χ0v) is 15.5. The van der Waals surface area contributed by atoms with Crippen molar-refractivity contribution in [3.05, 3.63) is 0 Å². The van der Waals surface area contributed by atoms with Crippen LogP contribution in [0, 0.1) is 5.92 Å². The Bertz CT molecular complexity index is 276. The second-order valence-corrected chi connectivity index (χ2v) is 6.58. The lowest BCUT2D eigenvalue weighted by Crippen LogP contribution is -2.18. The Hall–Kier alpha value is -0.860. The molecule has 0 aromatic carbocycles. The van der Waals surface area contributed by atoms with Crippen molar-refractivity contribution < 1.29 is 14.3 Å². The van der Waals surface area contributed by atoms with E-state index in [1.165, 1.54) is 51.4 Å². The van der Waals surface area contributed by atoms with Crippen molar-refractivity contribution >= 4 is 12.3 Å². The van der Waals surface area contributed by atoms with Crippen LogP contribution in [-0.4, -0.2) is 18.9 Å². The monoisotopic (exact) mass is 326 g/mol. The molecule has 136 valence electrons. The van der Waals surface area contributed by atoms with Gasteiger partial charge in [-0.25, -0.2) is 0 Å². The van der Waals surface area contributed by atoms with Gasteiger partial charge in [-0.2, -0.15) is 0 Å². The highest BCUT2D eigenvalue weighted by Gasteiger charge is 2.19. The van der Waals surface area contributed by atoms with Crippen LogP contribution in [0.25, 0.3) is 0 Å². The Labute approximate surface area is 143 Å². The summed E-state index contributed by atoms with van der Waals surface area (Å²) in [5.74, 6) is 0.0234. The topological polar surface area (TPSA) is 43.4 Å². The number of aldehydes is 1. The van der Waals surface area contributed by atoms with Gasteiger partial charge in [-0.05, 0) is 19.3 Å². The quantitative estimate of drug-likeness (QED) is 0.191. The molecule has 0 N–H and O–H groups in total. The summed E-state index contributed by atoms with van der Waals surface area (Å²) in [5, 5.41) is 0. The molecule has 3 nitrogen and oxygen atoms in total. The summed E-state index contributed by atoms with van der Waals surface area (Å²) in [4.78, 5) is 22.5. The number of hydrogen-bond acceptors (Lipinski definition) is 3. The first-order valence-corrected chi connectivity index (χ1v) is 9.86. The van der Waals surface area contributed by atoms with E-state index in [9.17, 15) is 9.59 Å². The Balaban J connectivity index is 4.00. The van der Waals surface area contributed by atoms with E-state index in [1.807, 2.05) is 0 Å². The standard InChI is InChI=1S/C20H38O3/c1-3-5-7-9-10-12-16-19(15-11-8-6-4-2)20(22)23-18-14-13-17-21/h17,19H,3-16,18H2,1-2H3. The van der Waals surface area contributed by atoms with Crippen molar-refractivity contribution in [2.45, 2.75) is 104 Å². The normalized spacial score (nSPS) is 12.1. The SMILES string of the molecule is CCCCCCCCC(CCCCCC)C(=O)OCCCC=O. The van der Waals surface area contributed by atoms with Gasteiger partial charge in [0.1, 0.15) is 6.29 Å². The molecule has 0 radical (unpaired) electrons. The third-order valence-corrected chi connectivity index (χ3v) is 4.36. The smallest absolute Gasteiger partial charge is 0.308 e. The van der Waals surface area contributed by atoms with Crippen LogP contribution in [0.5, 0.6) is 0 Å². The summed E-state index contributed by atoms with van der Waals surface area (Å²) in [6.45, 7) is 4.82. The maximum atomic E-state index is 12.2. The molecule has 0 fully saturated rings. The number of carbonyl (C=O) groups is 2. The van der Waals surface area contributed by atoms with Crippen LogP contribution in [-0.2, 0) is 14.3 Å². The lowest BCUT2D eigenvalue weighted by atomic mass is 9.94. The predicted octanol–water partition coefficient (Wildman–Crippen LogP) is 5.85. The molecule has 0 aliphatic carbocycles. The van der Waals surface area contributed by atoms with Gasteiger partial charge < -0.3 is 9.53 Å². The first-order valence-electron chi connectivity index (χ1n) is 9.86. The molecule has 0 saturated carbocycles. The average Bonchev–Trinajstić information content (AvgIpc) is 2.56. The maximum absolute atomic E-state index is 12.2. The second-order valence-electron chi connectivity index (χ2n) is 6.58. The van der Waals surface area contributed by atoms with Crippen molar-refractivity contribution in [1.82, 2.24) is 0 Å². The highest BCUT2D eigenvalue weighted by Crippen LogP contribution is 2.20. The second kappa shape index (κ2) is 17.5. The first-order chi connectivity index (χ1) is 11.3. The molecule has 3 heteroatoms. The Morgan fingerprint density at radius 2 is 1.35 bits per heavy atom. The lowest BCUT2D eigenvalue weighted by Gasteiger charge is -2.16. The lowest BCUT2D eigenvalue weighted by molar-refractivity contribution is -0.149. The molecule has 0 aliphatic heterocycles. The minimum absolute atomic E-state index is 0.0408. The largest absolute Gasteiger partial charge is 0.465 e. The van der Waals surface area contributed by atoms with Crippen molar-refractivity contribution in [2.75, 3.05) is 6.61 Å². The number of carbonyl (C=O) groups excluding carboxylic acids is 2. The summed E-state index contributed by atoms with van der Waals surface area (Å²) in [6.07, 6.45) is 16.3. The molecule has 0 bridgehead atoms. The van der Waals surface area contributed by atoms with E-state index in [-0.39, 0.29) is 11.9 Å². The third-order valence-electron chi connectivity index (χ3n) is 4.36. The fraction of sp³-hybridized carbons (Fsp3) is 0.900. The summed E-state index contributed by atoms with van der Waals surface area (Å²) in [7, 11) is 0.